The first kappa shape index (κ1) is 22.5. The molecule has 0 bridgehead atoms. The third kappa shape index (κ3) is 3.67. The normalized spacial score (nSPS) is 26.1. The third-order valence-corrected chi connectivity index (χ3v) is 7.58. The van der Waals surface area contributed by atoms with Gasteiger partial charge < -0.3 is 25.0 Å². The number of ketones is 1. The number of fused-ring (bicyclic) bond motifs is 1. The highest BCUT2D eigenvalue weighted by Gasteiger charge is 2.44. The number of carbonyl (C=O) groups is 1. The molecule has 3 aromatic rings. The van der Waals surface area contributed by atoms with Gasteiger partial charge in [-0.2, -0.15) is 9.61 Å². The summed E-state index contributed by atoms with van der Waals surface area (Å²) in [6, 6.07) is 4.98. The van der Waals surface area contributed by atoms with Crippen LogP contribution in [0.15, 0.2) is 35.4 Å². The Hall–Kier alpha value is -3.24. The molecule has 2 fully saturated rings. The number of Topliss-reactive ketones (excluding diaryl/α,β-unsaturated/α-hetero) is 1. The standard InChI is InChI=1S/C24H30N6O4/c1-24(34-3)9-8-14(24)11-19(32)15-13-26-30-21(25-2)12-20(28-22(15)30)27-16-5-4-10-29(23(16)33)17-6-7-18(17)31/h4-5,10,12-14,17-18,25,31H,6-9,11H2,1-3H3,(H,27,28)/t14-,17-,18-,24+/m0/s1. The molecule has 10 nitrogen and oxygen atoms in total. The van der Waals surface area contributed by atoms with Crippen molar-refractivity contribution in [2.24, 2.45) is 5.92 Å². The van der Waals surface area contributed by atoms with Crippen LogP contribution in [0.2, 0.25) is 0 Å². The van der Waals surface area contributed by atoms with E-state index in [-0.39, 0.29) is 28.9 Å². The number of aliphatic hydroxyl groups is 1. The molecule has 0 amide bonds. The Morgan fingerprint density at radius 3 is 2.79 bits per heavy atom. The summed E-state index contributed by atoms with van der Waals surface area (Å²) in [5, 5.41) is 20.5. The minimum absolute atomic E-state index is 0.0317. The molecule has 3 heterocycles. The number of anilines is 3. The fourth-order valence-electron chi connectivity index (χ4n) is 4.87. The van der Waals surface area contributed by atoms with Gasteiger partial charge in [0.15, 0.2) is 11.4 Å². The number of ether oxygens (including phenoxy) is 1. The summed E-state index contributed by atoms with van der Waals surface area (Å²) in [5.74, 6) is 1.17. The fourth-order valence-corrected chi connectivity index (χ4v) is 4.87. The minimum Gasteiger partial charge on any atom is -0.391 e. The van der Waals surface area contributed by atoms with Gasteiger partial charge in [0.25, 0.3) is 5.56 Å². The van der Waals surface area contributed by atoms with Crippen molar-refractivity contribution in [3.8, 4) is 0 Å². The molecule has 3 N–H and O–H groups in total. The summed E-state index contributed by atoms with van der Waals surface area (Å²) >= 11 is 0. The largest absolute Gasteiger partial charge is 0.391 e. The van der Waals surface area contributed by atoms with Gasteiger partial charge in [0.1, 0.15) is 17.3 Å². The van der Waals surface area contributed by atoms with Crippen molar-refractivity contribution in [3.05, 3.63) is 46.5 Å². The number of methoxy groups -OCH3 is 1. The van der Waals surface area contributed by atoms with E-state index in [4.69, 9.17) is 4.74 Å². The molecule has 0 spiro atoms. The quantitative estimate of drug-likeness (QED) is 0.433. The molecule has 2 aliphatic carbocycles. The Bertz CT molecular complexity index is 1300. The van der Waals surface area contributed by atoms with Crippen LogP contribution in [-0.2, 0) is 4.74 Å². The van der Waals surface area contributed by atoms with Gasteiger partial charge in [-0.3, -0.25) is 9.59 Å². The number of hydrogen-bond donors (Lipinski definition) is 3. The van der Waals surface area contributed by atoms with Crippen LogP contribution in [0, 0.1) is 5.92 Å². The van der Waals surface area contributed by atoms with Gasteiger partial charge >= 0.3 is 0 Å². The summed E-state index contributed by atoms with van der Waals surface area (Å²) in [6.07, 6.45) is 6.46. The summed E-state index contributed by atoms with van der Waals surface area (Å²) < 4.78 is 8.76. The average Bonchev–Trinajstić information content (AvgIpc) is 3.26. The maximum atomic E-state index is 13.2. The van der Waals surface area contributed by atoms with Crippen LogP contribution in [0.1, 0.15) is 55.4 Å². The number of hydrogen-bond acceptors (Lipinski definition) is 8. The molecule has 2 aliphatic rings. The predicted molar refractivity (Wildman–Crippen MR) is 128 cm³/mol. The van der Waals surface area contributed by atoms with E-state index >= 15 is 0 Å². The van der Waals surface area contributed by atoms with E-state index in [1.54, 1.807) is 53.8 Å². The van der Waals surface area contributed by atoms with Gasteiger partial charge in [-0.25, -0.2) is 4.98 Å². The van der Waals surface area contributed by atoms with E-state index in [0.717, 1.165) is 19.3 Å². The number of pyridine rings is 1. The zero-order chi connectivity index (χ0) is 24.0. The SMILES string of the molecule is CNc1cc(Nc2cccn([C@H]3CC[C@@H]3O)c2=O)nc2c(C(=O)C[C@@H]3CC[C@@]3(C)OC)cnn12. The molecule has 0 unspecified atom stereocenters. The molecule has 180 valence electrons. The summed E-state index contributed by atoms with van der Waals surface area (Å²) in [5.41, 5.74) is 0.707. The van der Waals surface area contributed by atoms with Crippen molar-refractivity contribution < 1.29 is 14.6 Å². The van der Waals surface area contributed by atoms with Gasteiger partial charge in [0, 0.05) is 32.8 Å². The molecule has 0 aromatic carbocycles. The van der Waals surface area contributed by atoms with Crippen LogP contribution in [0.3, 0.4) is 0 Å². The Labute approximate surface area is 197 Å². The van der Waals surface area contributed by atoms with Crippen molar-refractivity contribution in [2.45, 2.75) is 56.8 Å². The zero-order valence-electron chi connectivity index (χ0n) is 19.6. The number of aliphatic hydroxyl groups excluding tert-OH is 1. The number of nitrogens with one attached hydrogen (secondary N) is 2. The second-order valence-corrected chi connectivity index (χ2v) is 9.42. The van der Waals surface area contributed by atoms with Gasteiger partial charge in [-0.05, 0) is 50.7 Å². The number of aromatic nitrogens is 4. The maximum absolute atomic E-state index is 13.2. The van der Waals surface area contributed by atoms with Gasteiger partial charge in [-0.1, -0.05) is 0 Å². The Morgan fingerprint density at radius 2 is 2.18 bits per heavy atom. The van der Waals surface area contributed by atoms with Crippen LogP contribution in [-0.4, -0.2) is 55.9 Å². The summed E-state index contributed by atoms with van der Waals surface area (Å²) in [7, 11) is 3.45. The highest BCUT2D eigenvalue weighted by atomic mass is 16.5. The lowest BCUT2D eigenvalue weighted by atomic mass is 9.68. The van der Waals surface area contributed by atoms with Gasteiger partial charge in [0.05, 0.1) is 29.5 Å². The molecule has 34 heavy (non-hydrogen) atoms. The number of rotatable bonds is 8. The second-order valence-electron chi connectivity index (χ2n) is 9.42. The van der Waals surface area contributed by atoms with E-state index in [9.17, 15) is 14.7 Å². The van der Waals surface area contributed by atoms with Crippen molar-refractivity contribution >= 4 is 28.8 Å². The summed E-state index contributed by atoms with van der Waals surface area (Å²) in [6.45, 7) is 2.04. The van der Waals surface area contributed by atoms with E-state index < -0.39 is 6.10 Å². The van der Waals surface area contributed by atoms with Gasteiger partial charge in [0.2, 0.25) is 0 Å². The topological polar surface area (TPSA) is 123 Å². The minimum atomic E-state index is -0.505. The first-order valence-electron chi connectivity index (χ1n) is 11.7. The van der Waals surface area contributed by atoms with Crippen molar-refractivity contribution in [1.82, 2.24) is 19.2 Å². The predicted octanol–water partition coefficient (Wildman–Crippen LogP) is 2.76. The Morgan fingerprint density at radius 1 is 1.35 bits per heavy atom. The Kier molecular flexibility index (Phi) is 5.65. The van der Waals surface area contributed by atoms with Crippen molar-refractivity contribution in [1.29, 1.82) is 0 Å². The maximum Gasteiger partial charge on any atom is 0.274 e. The number of nitrogens with zero attached hydrogens (tertiary/aromatic N) is 4. The summed E-state index contributed by atoms with van der Waals surface area (Å²) in [4.78, 5) is 30.8. The highest BCUT2D eigenvalue weighted by Crippen LogP contribution is 2.43. The molecule has 3 aromatic heterocycles. The molecule has 4 atom stereocenters. The molecule has 5 rings (SSSR count). The van der Waals surface area contributed by atoms with Crippen molar-refractivity contribution in [2.75, 3.05) is 24.8 Å². The molecule has 2 saturated carbocycles. The molecule has 0 aliphatic heterocycles. The molecule has 10 heteroatoms. The van der Waals surface area contributed by atoms with E-state index in [2.05, 4.69) is 20.7 Å². The fraction of sp³-hybridized carbons (Fsp3) is 0.500. The second kappa shape index (κ2) is 8.52. The van der Waals surface area contributed by atoms with Crippen molar-refractivity contribution in [3.63, 3.8) is 0 Å². The average molecular weight is 467 g/mol. The van der Waals surface area contributed by atoms with E-state index in [1.807, 2.05) is 6.92 Å². The highest BCUT2D eigenvalue weighted by molar-refractivity contribution is 6.01. The van der Waals surface area contributed by atoms with Crippen LogP contribution in [0.4, 0.5) is 17.3 Å². The lowest BCUT2D eigenvalue weighted by Crippen LogP contribution is -2.46. The first-order chi connectivity index (χ1) is 16.3. The molecular formula is C24H30N6O4. The molecule has 0 saturated heterocycles. The van der Waals surface area contributed by atoms with E-state index in [0.29, 0.717) is 41.4 Å². The van der Waals surface area contributed by atoms with Crippen LogP contribution >= 0.6 is 0 Å². The lowest BCUT2D eigenvalue weighted by Gasteiger charge is -2.45. The zero-order valence-corrected chi connectivity index (χ0v) is 19.6. The monoisotopic (exact) mass is 466 g/mol. The van der Waals surface area contributed by atoms with Gasteiger partial charge in [-0.15, -0.1) is 0 Å². The Balaban J connectivity index is 1.46. The van der Waals surface area contributed by atoms with Crippen LogP contribution in [0.5, 0.6) is 0 Å². The lowest BCUT2D eigenvalue weighted by molar-refractivity contribution is -0.108. The van der Waals surface area contributed by atoms with E-state index in [1.165, 1.54) is 0 Å². The van der Waals surface area contributed by atoms with Crippen LogP contribution < -0.4 is 16.2 Å². The first-order valence-corrected chi connectivity index (χ1v) is 11.7. The molecule has 0 radical (unpaired) electrons. The smallest absolute Gasteiger partial charge is 0.274 e. The van der Waals surface area contributed by atoms with Crippen LogP contribution in [0.25, 0.3) is 5.65 Å². The third-order valence-electron chi connectivity index (χ3n) is 7.58. The number of carbonyl (C=O) groups excluding carboxylic acids is 1. The molecular weight excluding hydrogens is 436 g/mol.